The van der Waals surface area contributed by atoms with Crippen LogP contribution in [0, 0.1) is 0 Å². The Morgan fingerprint density at radius 1 is 1.47 bits per heavy atom. The molecular formula is C9H13ClN2O2S. The van der Waals surface area contributed by atoms with Crippen molar-refractivity contribution in [2.24, 2.45) is 5.14 Å². The van der Waals surface area contributed by atoms with Gasteiger partial charge in [0.2, 0.25) is 10.0 Å². The third-order valence-corrected chi connectivity index (χ3v) is 3.99. The molecule has 1 atom stereocenters. The Balaban J connectivity index is 3.31. The molecule has 15 heavy (non-hydrogen) atoms. The first-order valence-corrected chi connectivity index (χ1v) is 6.42. The maximum Gasteiger partial charge on any atom is 0.216 e. The molecule has 0 heterocycles. The number of hydrogen-bond acceptors (Lipinski definition) is 3. The molecule has 84 valence electrons. The van der Waals surface area contributed by atoms with Crippen LogP contribution in [0.4, 0.5) is 5.69 Å². The summed E-state index contributed by atoms with van der Waals surface area (Å²) in [6.07, 6.45) is 0.363. The van der Waals surface area contributed by atoms with Crippen molar-refractivity contribution >= 4 is 27.3 Å². The summed E-state index contributed by atoms with van der Waals surface area (Å²) in [7, 11) is -3.65. The standard InChI is InChI=1S/C9H13ClN2O2S/c1-2-8(15(12,13)14)6-4-3-5-7(11)9(6)10/h3-5,8H,2,11H2,1H3,(H2,12,13,14). The Hall–Kier alpha value is -0.780. The van der Waals surface area contributed by atoms with Gasteiger partial charge in [0.05, 0.1) is 10.7 Å². The van der Waals surface area contributed by atoms with Gasteiger partial charge in [-0.3, -0.25) is 0 Å². The molecule has 0 aliphatic heterocycles. The SMILES string of the molecule is CCC(c1cccc(N)c1Cl)S(N)(=O)=O. The van der Waals surface area contributed by atoms with Crippen molar-refractivity contribution in [3.05, 3.63) is 28.8 Å². The summed E-state index contributed by atoms with van der Waals surface area (Å²) in [5.41, 5.74) is 6.41. The molecule has 1 aromatic rings. The van der Waals surface area contributed by atoms with Crippen LogP contribution in [-0.4, -0.2) is 8.42 Å². The number of primary sulfonamides is 1. The van der Waals surface area contributed by atoms with Gasteiger partial charge in [-0.25, -0.2) is 13.6 Å². The van der Waals surface area contributed by atoms with E-state index < -0.39 is 15.3 Å². The van der Waals surface area contributed by atoms with E-state index in [0.29, 0.717) is 17.7 Å². The lowest BCUT2D eigenvalue weighted by atomic mass is 10.1. The van der Waals surface area contributed by atoms with Crippen LogP contribution >= 0.6 is 11.6 Å². The summed E-state index contributed by atoms with van der Waals surface area (Å²) in [6.45, 7) is 1.73. The highest BCUT2D eigenvalue weighted by Crippen LogP contribution is 2.33. The molecular weight excluding hydrogens is 236 g/mol. The highest BCUT2D eigenvalue weighted by Gasteiger charge is 2.24. The summed E-state index contributed by atoms with van der Waals surface area (Å²) in [6, 6.07) is 4.89. The van der Waals surface area contributed by atoms with Crippen molar-refractivity contribution in [3.63, 3.8) is 0 Å². The van der Waals surface area contributed by atoms with Crippen molar-refractivity contribution < 1.29 is 8.42 Å². The summed E-state index contributed by atoms with van der Waals surface area (Å²) < 4.78 is 22.6. The summed E-state index contributed by atoms with van der Waals surface area (Å²) in [5.74, 6) is 0. The lowest BCUT2D eigenvalue weighted by molar-refractivity contribution is 0.581. The fourth-order valence-electron chi connectivity index (χ4n) is 1.45. The smallest absolute Gasteiger partial charge is 0.216 e. The molecule has 0 fully saturated rings. The fourth-order valence-corrected chi connectivity index (χ4v) is 2.78. The fraction of sp³-hybridized carbons (Fsp3) is 0.333. The molecule has 0 aliphatic carbocycles. The van der Waals surface area contributed by atoms with Crippen LogP contribution < -0.4 is 10.9 Å². The zero-order chi connectivity index (χ0) is 11.6. The first kappa shape index (κ1) is 12.3. The first-order valence-electron chi connectivity index (χ1n) is 4.43. The number of nitrogen functional groups attached to an aromatic ring is 1. The van der Waals surface area contributed by atoms with E-state index in [-0.39, 0.29) is 5.02 Å². The maximum atomic E-state index is 11.3. The Kier molecular flexibility index (Phi) is 3.59. The van der Waals surface area contributed by atoms with Gasteiger partial charge in [0, 0.05) is 0 Å². The van der Waals surface area contributed by atoms with Crippen molar-refractivity contribution in [3.8, 4) is 0 Å². The maximum absolute atomic E-state index is 11.3. The monoisotopic (exact) mass is 248 g/mol. The molecule has 4 nitrogen and oxygen atoms in total. The van der Waals surface area contributed by atoms with E-state index in [1.54, 1.807) is 25.1 Å². The zero-order valence-corrected chi connectivity index (χ0v) is 9.85. The number of anilines is 1. The lowest BCUT2D eigenvalue weighted by Crippen LogP contribution is -2.21. The van der Waals surface area contributed by atoms with Gasteiger partial charge < -0.3 is 5.73 Å². The Bertz CT molecular complexity index is 459. The van der Waals surface area contributed by atoms with E-state index in [1.807, 2.05) is 0 Å². The van der Waals surface area contributed by atoms with E-state index in [0.717, 1.165) is 0 Å². The zero-order valence-electron chi connectivity index (χ0n) is 8.27. The summed E-state index contributed by atoms with van der Waals surface area (Å²) in [4.78, 5) is 0. The van der Waals surface area contributed by atoms with Gasteiger partial charge in [0.1, 0.15) is 5.25 Å². The number of nitrogens with two attached hydrogens (primary N) is 2. The number of hydrogen-bond donors (Lipinski definition) is 2. The van der Waals surface area contributed by atoms with Crippen LogP contribution in [0.5, 0.6) is 0 Å². The van der Waals surface area contributed by atoms with Gasteiger partial charge in [-0.2, -0.15) is 0 Å². The highest BCUT2D eigenvalue weighted by molar-refractivity contribution is 7.89. The third kappa shape index (κ3) is 2.62. The topological polar surface area (TPSA) is 86.2 Å². The van der Waals surface area contributed by atoms with Gasteiger partial charge in [-0.15, -0.1) is 0 Å². The van der Waals surface area contributed by atoms with Crippen LogP contribution in [0.1, 0.15) is 24.2 Å². The minimum Gasteiger partial charge on any atom is -0.398 e. The van der Waals surface area contributed by atoms with Crippen LogP contribution in [0.15, 0.2) is 18.2 Å². The normalized spacial score (nSPS) is 13.8. The Morgan fingerprint density at radius 2 is 2.07 bits per heavy atom. The van der Waals surface area contributed by atoms with E-state index >= 15 is 0 Å². The predicted molar refractivity (Wildman–Crippen MR) is 62.0 cm³/mol. The molecule has 0 saturated heterocycles. The largest absolute Gasteiger partial charge is 0.398 e. The number of halogens is 1. The van der Waals surface area contributed by atoms with Crippen molar-refractivity contribution in [2.75, 3.05) is 5.73 Å². The summed E-state index contributed by atoms with van der Waals surface area (Å²) in [5, 5.41) is 4.58. The Labute approximate surface area is 94.3 Å². The molecule has 1 unspecified atom stereocenters. The van der Waals surface area contributed by atoms with Gasteiger partial charge in [-0.05, 0) is 18.1 Å². The predicted octanol–water partition coefficient (Wildman–Crippen LogP) is 1.66. The van der Waals surface area contributed by atoms with Crippen molar-refractivity contribution in [2.45, 2.75) is 18.6 Å². The molecule has 0 radical (unpaired) electrons. The van der Waals surface area contributed by atoms with Gasteiger partial charge in [0.25, 0.3) is 0 Å². The molecule has 0 aliphatic rings. The quantitative estimate of drug-likeness (QED) is 0.798. The van der Waals surface area contributed by atoms with E-state index in [1.165, 1.54) is 0 Å². The van der Waals surface area contributed by atoms with Crippen molar-refractivity contribution in [1.82, 2.24) is 0 Å². The van der Waals surface area contributed by atoms with Gasteiger partial charge in [0.15, 0.2) is 0 Å². The molecule has 1 aromatic carbocycles. The first-order chi connectivity index (χ1) is 6.88. The lowest BCUT2D eigenvalue weighted by Gasteiger charge is -2.15. The average molecular weight is 249 g/mol. The number of rotatable bonds is 3. The van der Waals surface area contributed by atoms with E-state index in [2.05, 4.69) is 0 Å². The molecule has 1 rings (SSSR count). The van der Waals surface area contributed by atoms with Crippen LogP contribution in [0.25, 0.3) is 0 Å². The van der Waals surface area contributed by atoms with E-state index in [9.17, 15) is 8.42 Å². The molecule has 0 saturated carbocycles. The van der Waals surface area contributed by atoms with Gasteiger partial charge >= 0.3 is 0 Å². The molecule has 0 spiro atoms. The van der Waals surface area contributed by atoms with Crippen LogP contribution in [-0.2, 0) is 10.0 Å². The molecule has 0 aromatic heterocycles. The number of sulfonamides is 1. The second-order valence-electron chi connectivity index (χ2n) is 3.24. The molecule has 4 N–H and O–H groups in total. The molecule has 6 heteroatoms. The minimum absolute atomic E-state index is 0.262. The van der Waals surface area contributed by atoms with Crippen molar-refractivity contribution in [1.29, 1.82) is 0 Å². The highest BCUT2D eigenvalue weighted by atomic mass is 35.5. The van der Waals surface area contributed by atoms with Crippen LogP contribution in [0.3, 0.4) is 0 Å². The van der Waals surface area contributed by atoms with Crippen LogP contribution in [0.2, 0.25) is 5.02 Å². The van der Waals surface area contributed by atoms with Gasteiger partial charge in [-0.1, -0.05) is 30.7 Å². The van der Waals surface area contributed by atoms with E-state index in [4.69, 9.17) is 22.5 Å². The average Bonchev–Trinajstić information content (AvgIpc) is 2.11. The molecule has 0 amide bonds. The summed E-state index contributed by atoms with van der Waals surface area (Å²) >= 11 is 5.93. The number of benzene rings is 1. The second-order valence-corrected chi connectivity index (χ2v) is 5.36. The molecule has 0 bridgehead atoms. The minimum atomic E-state index is -3.65. The second kappa shape index (κ2) is 4.38. The Morgan fingerprint density at radius 3 is 2.53 bits per heavy atom. The third-order valence-electron chi connectivity index (χ3n) is 2.17.